The molecule has 5 nitrogen and oxygen atoms in total. The van der Waals surface area contributed by atoms with E-state index in [0.29, 0.717) is 5.92 Å². The van der Waals surface area contributed by atoms with Gasteiger partial charge in [0.2, 0.25) is 10.0 Å². The van der Waals surface area contributed by atoms with E-state index in [1.165, 1.54) is 6.92 Å². The van der Waals surface area contributed by atoms with E-state index in [1.54, 1.807) is 0 Å². The number of amides is 1. The Kier molecular flexibility index (Phi) is 5.47. The first-order valence-corrected chi connectivity index (χ1v) is 8.20. The fourth-order valence-corrected chi connectivity index (χ4v) is 2.99. The Morgan fingerprint density at radius 3 is 2.38 bits per heavy atom. The van der Waals surface area contributed by atoms with Gasteiger partial charge in [0.15, 0.2) is 0 Å². The summed E-state index contributed by atoms with van der Waals surface area (Å²) in [5, 5.41) is 7.71. The van der Waals surface area contributed by atoms with Gasteiger partial charge in [-0.3, -0.25) is 4.79 Å². The van der Waals surface area contributed by atoms with Crippen LogP contribution in [-0.2, 0) is 10.0 Å². The number of carbonyl (C=O) groups excluding carboxylic acids is 1. The summed E-state index contributed by atoms with van der Waals surface area (Å²) in [5.74, 6) is -1.04. The molecule has 3 N–H and O–H groups in total. The zero-order valence-corrected chi connectivity index (χ0v) is 13.4. The predicted octanol–water partition coefficient (Wildman–Crippen LogP) is 1.95. The molecule has 0 bridgehead atoms. The standard InChI is InChI=1S/C14H21FN2O3S/c1-8(2)5-10(4)17-14(18)11-7-13(21(16,19)20)9(3)6-12(11)15/h6-8,10H,5H2,1-4H3,(H,17,18)(H2,16,19,20). The SMILES string of the molecule is Cc1cc(F)c(C(=O)NC(C)CC(C)C)cc1S(N)(=O)=O. The van der Waals surface area contributed by atoms with Gasteiger partial charge >= 0.3 is 0 Å². The summed E-state index contributed by atoms with van der Waals surface area (Å²) >= 11 is 0. The number of halogens is 1. The Morgan fingerprint density at radius 1 is 1.33 bits per heavy atom. The predicted molar refractivity (Wildman–Crippen MR) is 78.9 cm³/mol. The van der Waals surface area contributed by atoms with E-state index in [9.17, 15) is 17.6 Å². The molecule has 1 aromatic carbocycles. The lowest BCUT2D eigenvalue weighted by molar-refractivity contribution is 0.0932. The molecule has 1 rings (SSSR count). The van der Waals surface area contributed by atoms with Gasteiger partial charge in [-0.1, -0.05) is 13.8 Å². The van der Waals surface area contributed by atoms with Crippen LogP contribution in [0, 0.1) is 18.7 Å². The first-order chi connectivity index (χ1) is 9.52. The molecule has 0 saturated heterocycles. The van der Waals surface area contributed by atoms with Crippen molar-refractivity contribution in [3.05, 3.63) is 29.1 Å². The number of rotatable bonds is 5. The van der Waals surface area contributed by atoms with E-state index in [-0.39, 0.29) is 22.1 Å². The van der Waals surface area contributed by atoms with Gasteiger partial charge in [-0.2, -0.15) is 0 Å². The molecule has 0 aromatic heterocycles. The van der Waals surface area contributed by atoms with E-state index in [4.69, 9.17) is 5.14 Å². The summed E-state index contributed by atoms with van der Waals surface area (Å²) in [5.41, 5.74) is -0.151. The topological polar surface area (TPSA) is 89.3 Å². The number of benzene rings is 1. The Morgan fingerprint density at radius 2 is 1.90 bits per heavy atom. The lowest BCUT2D eigenvalue weighted by Crippen LogP contribution is -2.34. The van der Waals surface area contributed by atoms with E-state index in [0.717, 1.165) is 18.6 Å². The molecule has 0 heterocycles. The van der Waals surface area contributed by atoms with Crippen molar-refractivity contribution in [1.82, 2.24) is 5.32 Å². The maximum atomic E-state index is 13.9. The van der Waals surface area contributed by atoms with E-state index >= 15 is 0 Å². The molecule has 1 unspecified atom stereocenters. The zero-order valence-electron chi connectivity index (χ0n) is 12.6. The average molecular weight is 316 g/mol. The number of aryl methyl sites for hydroxylation is 1. The van der Waals surface area contributed by atoms with Crippen LogP contribution >= 0.6 is 0 Å². The highest BCUT2D eigenvalue weighted by Gasteiger charge is 2.20. The van der Waals surface area contributed by atoms with Crippen LogP contribution in [0.2, 0.25) is 0 Å². The molecule has 0 aliphatic heterocycles. The minimum atomic E-state index is -4.00. The molecule has 0 fully saturated rings. The van der Waals surface area contributed by atoms with Gasteiger partial charge in [-0.25, -0.2) is 17.9 Å². The minimum Gasteiger partial charge on any atom is -0.349 e. The first-order valence-electron chi connectivity index (χ1n) is 6.66. The van der Waals surface area contributed by atoms with Crippen molar-refractivity contribution in [3.63, 3.8) is 0 Å². The van der Waals surface area contributed by atoms with Crippen LogP contribution in [0.3, 0.4) is 0 Å². The van der Waals surface area contributed by atoms with Crippen molar-refractivity contribution >= 4 is 15.9 Å². The Bertz CT molecular complexity index is 642. The van der Waals surface area contributed by atoms with E-state index < -0.39 is 21.7 Å². The third kappa shape index (κ3) is 4.78. The molecular formula is C14H21FN2O3S. The smallest absolute Gasteiger partial charge is 0.254 e. The van der Waals surface area contributed by atoms with Crippen LogP contribution < -0.4 is 10.5 Å². The lowest BCUT2D eigenvalue weighted by Gasteiger charge is -2.16. The molecule has 0 spiro atoms. The monoisotopic (exact) mass is 316 g/mol. The number of primary sulfonamides is 1. The second kappa shape index (κ2) is 6.53. The number of nitrogens with one attached hydrogen (secondary N) is 1. The van der Waals surface area contributed by atoms with Crippen molar-refractivity contribution in [2.24, 2.45) is 11.1 Å². The van der Waals surface area contributed by atoms with Gasteiger partial charge in [0.1, 0.15) is 5.82 Å². The van der Waals surface area contributed by atoms with Gasteiger partial charge in [0.05, 0.1) is 10.5 Å². The number of carbonyl (C=O) groups is 1. The van der Waals surface area contributed by atoms with Gasteiger partial charge < -0.3 is 5.32 Å². The van der Waals surface area contributed by atoms with Crippen molar-refractivity contribution in [3.8, 4) is 0 Å². The summed E-state index contributed by atoms with van der Waals surface area (Å²) in [6.45, 7) is 7.25. The average Bonchev–Trinajstić information content (AvgIpc) is 2.24. The van der Waals surface area contributed by atoms with E-state index in [2.05, 4.69) is 5.32 Å². The van der Waals surface area contributed by atoms with Gasteiger partial charge in [0.25, 0.3) is 5.91 Å². The molecule has 0 saturated carbocycles. The molecule has 1 amide bonds. The van der Waals surface area contributed by atoms with Gasteiger partial charge in [-0.05, 0) is 43.9 Å². The highest BCUT2D eigenvalue weighted by Crippen LogP contribution is 2.19. The Labute approximate surface area is 124 Å². The second-order valence-corrected chi connectivity index (χ2v) is 7.18. The molecule has 7 heteroatoms. The molecular weight excluding hydrogens is 295 g/mol. The van der Waals surface area contributed by atoms with Crippen LogP contribution in [0.4, 0.5) is 4.39 Å². The fourth-order valence-electron chi connectivity index (χ4n) is 2.20. The molecule has 21 heavy (non-hydrogen) atoms. The maximum Gasteiger partial charge on any atom is 0.254 e. The molecule has 118 valence electrons. The Hall–Kier alpha value is -1.47. The highest BCUT2D eigenvalue weighted by molar-refractivity contribution is 7.89. The summed E-state index contributed by atoms with van der Waals surface area (Å²) < 4.78 is 36.7. The van der Waals surface area contributed by atoms with Crippen LogP contribution in [0.15, 0.2) is 17.0 Å². The van der Waals surface area contributed by atoms with Crippen LogP contribution in [0.1, 0.15) is 43.1 Å². The second-order valence-electron chi connectivity index (χ2n) is 5.65. The fraction of sp³-hybridized carbons (Fsp3) is 0.500. The number of hydrogen-bond acceptors (Lipinski definition) is 3. The maximum absolute atomic E-state index is 13.9. The van der Waals surface area contributed by atoms with Crippen molar-refractivity contribution in [2.45, 2.75) is 45.1 Å². The van der Waals surface area contributed by atoms with Gasteiger partial charge in [0, 0.05) is 6.04 Å². The summed E-state index contributed by atoms with van der Waals surface area (Å²) in [6, 6.07) is 1.84. The van der Waals surface area contributed by atoms with Crippen LogP contribution in [-0.4, -0.2) is 20.4 Å². The van der Waals surface area contributed by atoms with Crippen LogP contribution in [0.25, 0.3) is 0 Å². The quantitative estimate of drug-likeness (QED) is 0.870. The summed E-state index contributed by atoms with van der Waals surface area (Å²) in [6.07, 6.45) is 0.737. The minimum absolute atomic E-state index is 0.142. The lowest BCUT2D eigenvalue weighted by atomic mass is 10.0. The molecule has 1 aromatic rings. The third-order valence-corrected chi connectivity index (χ3v) is 4.07. The highest BCUT2D eigenvalue weighted by atomic mass is 32.2. The third-order valence-electron chi connectivity index (χ3n) is 3.02. The van der Waals surface area contributed by atoms with Crippen molar-refractivity contribution in [2.75, 3.05) is 0 Å². The van der Waals surface area contributed by atoms with Crippen LogP contribution in [0.5, 0.6) is 0 Å². The molecule has 0 aliphatic carbocycles. The molecule has 1 atom stereocenters. The normalized spacial score (nSPS) is 13.3. The number of hydrogen-bond donors (Lipinski definition) is 2. The molecule has 0 radical (unpaired) electrons. The number of nitrogens with two attached hydrogens (primary N) is 1. The number of sulfonamides is 1. The van der Waals surface area contributed by atoms with Crippen molar-refractivity contribution in [1.29, 1.82) is 0 Å². The van der Waals surface area contributed by atoms with Crippen molar-refractivity contribution < 1.29 is 17.6 Å². The zero-order chi connectivity index (χ0) is 16.4. The molecule has 0 aliphatic rings. The van der Waals surface area contributed by atoms with Gasteiger partial charge in [-0.15, -0.1) is 0 Å². The summed E-state index contributed by atoms with van der Waals surface area (Å²) in [4.78, 5) is 11.8. The van der Waals surface area contributed by atoms with E-state index in [1.807, 2.05) is 20.8 Å². The first kappa shape index (κ1) is 17.6. The largest absolute Gasteiger partial charge is 0.349 e. The Balaban J connectivity index is 3.10. The summed E-state index contributed by atoms with van der Waals surface area (Å²) in [7, 11) is -4.00.